The Hall–Kier alpha value is -1.85. The summed E-state index contributed by atoms with van der Waals surface area (Å²) in [5.74, 6) is 0.202. The van der Waals surface area contributed by atoms with E-state index in [0.717, 1.165) is 23.3 Å². The van der Waals surface area contributed by atoms with Crippen molar-refractivity contribution >= 4 is 34.8 Å². The van der Waals surface area contributed by atoms with Crippen molar-refractivity contribution < 1.29 is 9.59 Å². The molecule has 1 fully saturated rings. The lowest BCUT2D eigenvalue weighted by atomic mass is 9.95. The molecule has 25 heavy (non-hydrogen) atoms. The third-order valence-corrected chi connectivity index (χ3v) is 5.64. The summed E-state index contributed by atoms with van der Waals surface area (Å²) >= 11 is 7.47. The maximum atomic E-state index is 12.7. The Labute approximate surface area is 157 Å². The van der Waals surface area contributed by atoms with E-state index in [9.17, 15) is 9.59 Å². The minimum absolute atomic E-state index is 0.0171. The molecular weight excluding hydrogens is 356 g/mol. The zero-order valence-corrected chi connectivity index (χ0v) is 15.7. The van der Waals surface area contributed by atoms with Crippen LogP contribution in [0.1, 0.15) is 28.1 Å². The van der Waals surface area contributed by atoms with Crippen LogP contribution in [0.4, 0.5) is 0 Å². The monoisotopic (exact) mass is 376 g/mol. The van der Waals surface area contributed by atoms with Crippen molar-refractivity contribution in [2.75, 3.05) is 20.1 Å². The summed E-state index contributed by atoms with van der Waals surface area (Å²) in [6.45, 7) is 1.82. The zero-order valence-electron chi connectivity index (χ0n) is 14.2. The van der Waals surface area contributed by atoms with Crippen molar-refractivity contribution in [2.24, 2.45) is 5.92 Å². The van der Waals surface area contributed by atoms with Crippen LogP contribution >= 0.6 is 22.9 Å². The molecule has 1 aromatic heterocycles. The van der Waals surface area contributed by atoms with Crippen LogP contribution in [0.3, 0.4) is 0 Å². The molecule has 1 aromatic carbocycles. The Morgan fingerprint density at radius 3 is 2.64 bits per heavy atom. The second-order valence-corrected chi connectivity index (χ2v) is 7.75. The Bertz CT molecular complexity index is 740. The summed E-state index contributed by atoms with van der Waals surface area (Å²) in [4.78, 5) is 29.4. The van der Waals surface area contributed by atoms with Gasteiger partial charge in [-0.2, -0.15) is 0 Å². The Morgan fingerprint density at radius 2 is 2.00 bits per heavy atom. The van der Waals surface area contributed by atoms with E-state index in [1.807, 2.05) is 53.7 Å². The van der Waals surface area contributed by atoms with Crippen LogP contribution in [0.25, 0.3) is 0 Å². The predicted octanol–water partition coefficient (Wildman–Crippen LogP) is 3.91. The number of piperidine rings is 1. The van der Waals surface area contributed by atoms with Gasteiger partial charge < -0.3 is 9.80 Å². The number of thiophene rings is 1. The zero-order chi connectivity index (χ0) is 17.8. The SMILES string of the molecule is CN(Cc1cccc(Cl)c1)C(=O)C1CCN(C(=O)c2cccs2)CC1. The van der Waals surface area contributed by atoms with E-state index in [2.05, 4.69) is 0 Å². The van der Waals surface area contributed by atoms with E-state index < -0.39 is 0 Å². The Kier molecular flexibility index (Phi) is 5.76. The van der Waals surface area contributed by atoms with Gasteiger partial charge in [0.15, 0.2) is 0 Å². The number of nitrogens with zero attached hydrogens (tertiary/aromatic N) is 2. The molecule has 4 nitrogen and oxygen atoms in total. The van der Waals surface area contributed by atoms with E-state index >= 15 is 0 Å². The van der Waals surface area contributed by atoms with Crippen molar-refractivity contribution in [1.82, 2.24) is 9.80 Å². The predicted molar refractivity (Wildman–Crippen MR) is 101 cm³/mol. The fourth-order valence-electron chi connectivity index (χ4n) is 3.18. The van der Waals surface area contributed by atoms with Crippen molar-refractivity contribution in [2.45, 2.75) is 19.4 Å². The molecule has 0 bridgehead atoms. The van der Waals surface area contributed by atoms with Gasteiger partial charge in [0.2, 0.25) is 5.91 Å². The van der Waals surface area contributed by atoms with Crippen molar-refractivity contribution in [3.8, 4) is 0 Å². The number of benzene rings is 1. The van der Waals surface area contributed by atoms with Gasteiger partial charge in [0.1, 0.15) is 0 Å². The molecule has 1 aliphatic heterocycles. The number of likely N-dealkylation sites (tertiary alicyclic amines) is 1. The van der Waals surface area contributed by atoms with Crippen molar-refractivity contribution in [3.63, 3.8) is 0 Å². The smallest absolute Gasteiger partial charge is 0.263 e. The van der Waals surface area contributed by atoms with Gasteiger partial charge in [0.05, 0.1) is 4.88 Å². The lowest BCUT2D eigenvalue weighted by Gasteiger charge is -2.33. The first kappa shape index (κ1) is 18.0. The van der Waals surface area contributed by atoms with E-state index in [0.29, 0.717) is 24.7 Å². The van der Waals surface area contributed by atoms with E-state index in [4.69, 9.17) is 11.6 Å². The number of halogens is 1. The minimum Gasteiger partial charge on any atom is -0.341 e. The standard InChI is InChI=1S/C19H21ClN2O2S/c1-21(13-14-4-2-5-16(20)12-14)18(23)15-7-9-22(10-8-15)19(24)17-6-3-11-25-17/h2-6,11-12,15H,7-10,13H2,1H3. The second-order valence-electron chi connectivity index (χ2n) is 6.37. The quantitative estimate of drug-likeness (QED) is 0.811. The molecule has 0 unspecified atom stereocenters. The summed E-state index contributed by atoms with van der Waals surface area (Å²) in [5.41, 5.74) is 1.02. The average molecular weight is 377 g/mol. The lowest BCUT2D eigenvalue weighted by Crippen LogP contribution is -2.43. The van der Waals surface area contributed by atoms with E-state index in [1.165, 1.54) is 11.3 Å². The number of carbonyl (C=O) groups is 2. The average Bonchev–Trinajstić information content (AvgIpc) is 3.15. The minimum atomic E-state index is -0.0171. The normalized spacial score (nSPS) is 15.2. The fraction of sp³-hybridized carbons (Fsp3) is 0.368. The van der Waals surface area contributed by atoms with Crippen LogP contribution < -0.4 is 0 Å². The fourth-order valence-corrected chi connectivity index (χ4v) is 4.09. The molecule has 2 amide bonds. The van der Waals surface area contributed by atoms with Gasteiger partial charge in [0.25, 0.3) is 5.91 Å². The molecule has 1 aliphatic rings. The Morgan fingerprint density at radius 1 is 1.24 bits per heavy atom. The third-order valence-electron chi connectivity index (χ3n) is 4.55. The maximum Gasteiger partial charge on any atom is 0.263 e. The largest absolute Gasteiger partial charge is 0.341 e. The van der Waals surface area contributed by atoms with Gasteiger partial charge >= 0.3 is 0 Å². The number of amides is 2. The highest BCUT2D eigenvalue weighted by atomic mass is 35.5. The van der Waals surface area contributed by atoms with E-state index in [-0.39, 0.29) is 17.7 Å². The summed E-state index contributed by atoms with van der Waals surface area (Å²) < 4.78 is 0. The maximum absolute atomic E-state index is 12.7. The van der Waals surface area contributed by atoms with Gasteiger partial charge in [-0.05, 0) is 42.0 Å². The summed E-state index contributed by atoms with van der Waals surface area (Å²) in [6.07, 6.45) is 1.44. The molecular formula is C19H21ClN2O2S. The molecule has 132 valence electrons. The molecule has 2 heterocycles. The molecule has 0 atom stereocenters. The highest BCUT2D eigenvalue weighted by Gasteiger charge is 2.29. The highest BCUT2D eigenvalue weighted by Crippen LogP contribution is 2.23. The van der Waals surface area contributed by atoms with Crippen LogP contribution in [0.15, 0.2) is 41.8 Å². The first-order valence-electron chi connectivity index (χ1n) is 8.37. The van der Waals surface area contributed by atoms with Gasteiger partial charge in [-0.15, -0.1) is 11.3 Å². The molecule has 0 aliphatic carbocycles. The second kappa shape index (κ2) is 8.02. The van der Waals surface area contributed by atoms with Gasteiger partial charge in [-0.25, -0.2) is 0 Å². The summed E-state index contributed by atoms with van der Waals surface area (Å²) in [5, 5.41) is 2.59. The number of rotatable bonds is 4. The molecule has 0 N–H and O–H groups in total. The van der Waals surface area contributed by atoms with Crippen molar-refractivity contribution in [3.05, 3.63) is 57.2 Å². The molecule has 0 radical (unpaired) electrons. The first-order valence-corrected chi connectivity index (χ1v) is 9.62. The summed E-state index contributed by atoms with van der Waals surface area (Å²) in [7, 11) is 1.83. The first-order chi connectivity index (χ1) is 12.0. The number of hydrogen-bond acceptors (Lipinski definition) is 3. The molecule has 0 saturated carbocycles. The highest BCUT2D eigenvalue weighted by molar-refractivity contribution is 7.12. The Balaban J connectivity index is 1.53. The topological polar surface area (TPSA) is 40.6 Å². The third kappa shape index (κ3) is 4.41. The van der Waals surface area contributed by atoms with Crippen LogP contribution in [-0.2, 0) is 11.3 Å². The molecule has 6 heteroatoms. The van der Waals surface area contributed by atoms with Crippen LogP contribution in [0.2, 0.25) is 5.02 Å². The number of hydrogen-bond donors (Lipinski definition) is 0. The van der Waals surface area contributed by atoms with Crippen LogP contribution in [0, 0.1) is 5.92 Å². The van der Waals surface area contributed by atoms with Gasteiger partial charge in [0, 0.05) is 37.6 Å². The lowest BCUT2D eigenvalue weighted by molar-refractivity contribution is -0.136. The van der Waals surface area contributed by atoms with Gasteiger partial charge in [-0.3, -0.25) is 9.59 Å². The molecule has 2 aromatic rings. The van der Waals surface area contributed by atoms with Crippen LogP contribution in [-0.4, -0.2) is 41.8 Å². The molecule has 1 saturated heterocycles. The summed E-state index contributed by atoms with van der Waals surface area (Å²) in [6, 6.07) is 11.3. The van der Waals surface area contributed by atoms with Crippen LogP contribution in [0.5, 0.6) is 0 Å². The van der Waals surface area contributed by atoms with Gasteiger partial charge in [-0.1, -0.05) is 29.8 Å². The van der Waals surface area contributed by atoms with Crippen molar-refractivity contribution in [1.29, 1.82) is 0 Å². The van der Waals surface area contributed by atoms with E-state index in [1.54, 1.807) is 4.90 Å². The molecule has 3 rings (SSSR count). The number of carbonyl (C=O) groups excluding carboxylic acids is 2. The molecule has 0 spiro atoms.